The Labute approximate surface area is 263 Å². The Hall–Kier alpha value is -1.50. The van der Waals surface area contributed by atoms with Gasteiger partial charge < -0.3 is 0 Å². The van der Waals surface area contributed by atoms with E-state index in [1.165, 1.54) is 77.4 Å². The molecular formula is C34H61O7PS. The minimum absolute atomic E-state index is 0.0294. The molecule has 0 aliphatic heterocycles. The number of carbonyl (C=O) groups excluding carboxylic acids is 2. The van der Waals surface area contributed by atoms with Crippen molar-refractivity contribution in [3.05, 3.63) is 29.3 Å². The van der Waals surface area contributed by atoms with Crippen LogP contribution in [0.25, 0.3) is 0 Å². The van der Waals surface area contributed by atoms with Crippen LogP contribution >= 0.6 is 6.83 Å². The Bertz CT molecular complexity index is 1010. The van der Waals surface area contributed by atoms with Gasteiger partial charge in [-0.1, -0.05) is 0 Å². The van der Waals surface area contributed by atoms with E-state index in [0.717, 1.165) is 82.4 Å². The Kier molecular flexibility index (Phi) is 18.9. The first-order valence-electron chi connectivity index (χ1n) is 16.8. The summed E-state index contributed by atoms with van der Waals surface area (Å²) in [4.78, 5) is 24.7. The van der Waals surface area contributed by atoms with Crippen LogP contribution in [0.3, 0.4) is 0 Å². The van der Waals surface area contributed by atoms with Crippen molar-refractivity contribution in [1.82, 2.24) is 0 Å². The van der Waals surface area contributed by atoms with E-state index in [1.807, 2.05) is 0 Å². The SMILES string of the molecule is CCCCCCCCCCCCP(CCCC)(CCCC)(CCCC)OS(=O)(=O)c1cc(C(=O)OC)cc(C(=O)OC)c1. The predicted molar refractivity (Wildman–Crippen MR) is 180 cm³/mol. The van der Waals surface area contributed by atoms with Crippen LogP contribution in [0.2, 0.25) is 0 Å². The number of methoxy groups -OCH3 is 2. The molecule has 0 atom stereocenters. The Morgan fingerprint density at radius 3 is 1.28 bits per heavy atom. The Morgan fingerprint density at radius 2 is 0.907 bits per heavy atom. The summed E-state index contributed by atoms with van der Waals surface area (Å²) in [6.07, 6.45) is 20.9. The molecule has 0 aliphatic rings. The van der Waals surface area contributed by atoms with Gasteiger partial charge in [0.1, 0.15) is 0 Å². The molecular weight excluding hydrogens is 583 g/mol. The topological polar surface area (TPSA) is 96.0 Å². The number of unbranched alkanes of at least 4 members (excludes halogenated alkanes) is 12. The van der Waals surface area contributed by atoms with Crippen molar-refractivity contribution in [2.45, 2.75) is 135 Å². The van der Waals surface area contributed by atoms with Gasteiger partial charge in [0.2, 0.25) is 0 Å². The maximum atomic E-state index is 14.3. The Morgan fingerprint density at radius 1 is 0.558 bits per heavy atom. The summed E-state index contributed by atoms with van der Waals surface area (Å²) in [7, 11) is -1.88. The van der Waals surface area contributed by atoms with E-state index in [-0.39, 0.29) is 16.0 Å². The van der Waals surface area contributed by atoms with Gasteiger partial charge in [-0.05, 0) is 0 Å². The first-order valence-corrected chi connectivity index (χ1v) is 21.1. The molecule has 0 N–H and O–H groups in total. The number of benzene rings is 1. The fraction of sp³-hybridized carbons (Fsp3) is 0.765. The van der Waals surface area contributed by atoms with Crippen LogP contribution < -0.4 is 0 Å². The standard InChI is InChI=1S/C34H61O7PS/c1-7-11-15-16-17-18-19-20-21-22-26-42(23-12-8-2,24-13-9-3,25-14-10-4)41-43(37,38)32-28-30(33(35)39-5)27-31(29-32)34(36)40-6/h27-29H,7-26H2,1-6H3. The van der Waals surface area contributed by atoms with E-state index in [2.05, 4.69) is 27.7 Å². The first kappa shape index (κ1) is 39.5. The van der Waals surface area contributed by atoms with E-state index in [0.29, 0.717) is 0 Å². The van der Waals surface area contributed by atoms with Gasteiger partial charge >= 0.3 is 264 Å². The normalized spacial score (nSPS) is 12.9. The summed E-state index contributed by atoms with van der Waals surface area (Å²) < 4.78 is 44.9. The molecule has 0 saturated carbocycles. The molecule has 43 heavy (non-hydrogen) atoms. The van der Waals surface area contributed by atoms with Gasteiger partial charge in [0.15, 0.2) is 0 Å². The molecule has 7 nitrogen and oxygen atoms in total. The summed E-state index contributed by atoms with van der Waals surface area (Å²) in [5.74, 6) is -1.46. The van der Waals surface area contributed by atoms with Crippen molar-refractivity contribution < 1.29 is 31.5 Å². The molecule has 0 aromatic heterocycles. The van der Waals surface area contributed by atoms with Gasteiger partial charge in [0.05, 0.1) is 0 Å². The van der Waals surface area contributed by atoms with Crippen molar-refractivity contribution in [2.75, 3.05) is 38.9 Å². The van der Waals surface area contributed by atoms with E-state index >= 15 is 0 Å². The van der Waals surface area contributed by atoms with Crippen molar-refractivity contribution >= 4 is 28.9 Å². The molecule has 1 aromatic carbocycles. The number of rotatable bonds is 25. The second kappa shape index (κ2) is 20.5. The third-order valence-corrected chi connectivity index (χ3v) is 17.7. The van der Waals surface area contributed by atoms with Gasteiger partial charge in [-0.25, -0.2) is 0 Å². The molecule has 0 fully saturated rings. The van der Waals surface area contributed by atoms with Gasteiger partial charge in [0, 0.05) is 0 Å². The molecule has 0 radical (unpaired) electrons. The van der Waals surface area contributed by atoms with Crippen LogP contribution in [-0.4, -0.2) is 59.2 Å². The number of hydrogen-bond donors (Lipinski definition) is 0. The maximum absolute atomic E-state index is 14.3. The molecule has 0 amide bonds. The summed E-state index contributed by atoms with van der Waals surface area (Å²) in [5.41, 5.74) is -0.0588. The first-order chi connectivity index (χ1) is 20.6. The van der Waals surface area contributed by atoms with Gasteiger partial charge in [0.25, 0.3) is 0 Å². The molecule has 0 spiro atoms. The van der Waals surface area contributed by atoms with Crippen molar-refractivity contribution in [3.63, 3.8) is 0 Å². The van der Waals surface area contributed by atoms with Gasteiger partial charge in [-0.3, -0.25) is 0 Å². The van der Waals surface area contributed by atoms with Crippen molar-refractivity contribution in [1.29, 1.82) is 0 Å². The average Bonchev–Trinajstić information content (AvgIpc) is 3.01. The summed E-state index contributed by atoms with van der Waals surface area (Å²) in [6, 6.07) is 3.82. The number of ether oxygens (including phenoxy) is 2. The van der Waals surface area contributed by atoms with E-state index in [9.17, 15) is 18.0 Å². The fourth-order valence-corrected chi connectivity index (χ4v) is 16.0. The van der Waals surface area contributed by atoms with Crippen LogP contribution in [0.5, 0.6) is 0 Å². The predicted octanol–water partition coefficient (Wildman–Crippen LogP) is 9.75. The Balaban J connectivity index is 3.44. The number of hydrogen-bond acceptors (Lipinski definition) is 7. The van der Waals surface area contributed by atoms with Crippen molar-refractivity contribution in [2.24, 2.45) is 0 Å². The second-order valence-electron chi connectivity index (χ2n) is 12.3. The molecule has 0 bridgehead atoms. The van der Waals surface area contributed by atoms with E-state index in [1.54, 1.807) is 0 Å². The van der Waals surface area contributed by atoms with Crippen LogP contribution in [0, 0.1) is 0 Å². The van der Waals surface area contributed by atoms with Gasteiger partial charge in [-0.15, -0.1) is 0 Å². The summed E-state index contributed by atoms with van der Waals surface area (Å²) >= 11 is 0. The zero-order valence-corrected chi connectivity index (χ0v) is 29.8. The van der Waals surface area contributed by atoms with Crippen molar-refractivity contribution in [3.8, 4) is 0 Å². The average molecular weight is 645 g/mol. The van der Waals surface area contributed by atoms with Crippen LogP contribution in [-0.2, 0) is 23.6 Å². The zero-order valence-electron chi connectivity index (χ0n) is 28.1. The molecule has 0 unspecified atom stereocenters. The van der Waals surface area contributed by atoms with E-state index in [4.69, 9.17) is 13.4 Å². The quantitative estimate of drug-likeness (QED) is 0.0594. The molecule has 0 saturated heterocycles. The molecule has 0 aliphatic carbocycles. The summed E-state index contributed by atoms with van der Waals surface area (Å²) in [6.45, 7) is 5.41. The third kappa shape index (κ3) is 13.2. The molecule has 1 rings (SSSR count). The van der Waals surface area contributed by atoms with Crippen LogP contribution in [0.1, 0.15) is 151 Å². The monoisotopic (exact) mass is 644 g/mol. The molecule has 0 heterocycles. The summed E-state index contributed by atoms with van der Waals surface area (Å²) in [5, 5.41) is 0. The molecule has 250 valence electrons. The molecule has 1 aromatic rings. The van der Waals surface area contributed by atoms with E-state index < -0.39 is 28.9 Å². The van der Waals surface area contributed by atoms with Crippen LogP contribution in [0.15, 0.2) is 23.1 Å². The molecule has 9 heteroatoms. The zero-order chi connectivity index (χ0) is 32.2. The van der Waals surface area contributed by atoms with Gasteiger partial charge in [-0.2, -0.15) is 0 Å². The van der Waals surface area contributed by atoms with Crippen LogP contribution in [0.4, 0.5) is 0 Å². The second-order valence-corrected chi connectivity index (χ2v) is 19.7. The number of carbonyl (C=O) groups is 2. The fourth-order valence-electron chi connectivity index (χ4n) is 6.03. The minimum atomic E-state index is -4.32. The number of esters is 2. The third-order valence-electron chi connectivity index (χ3n) is 8.66.